The lowest BCUT2D eigenvalue weighted by molar-refractivity contribution is 0.340. The van der Waals surface area contributed by atoms with Gasteiger partial charge in [0.1, 0.15) is 11.9 Å². The van der Waals surface area contributed by atoms with Gasteiger partial charge in [-0.2, -0.15) is 5.26 Å². The average Bonchev–Trinajstić information content (AvgIpc) is 2.88. The molecule has 0 fully saturated rings. The van der Waals surface area contributed by atoms with Crippen LogP contribution < -0.4 is 9.47 Å². The Balaban J connectivity index is 2.05. The van der Waals surface area contributed by atoms with E-state index in [1.807, 2.05) is 4.57 Å². The van der Waals surface area contributed by atoms with Gasteiger partial charge in [-0.25, -0.2) is 0 Å². The van der Waals surface area contributed by atoms with Crippen LogP contribution >= 0.6 is 0 Å². The first kappa shape index (κ1) is 16.8. The van der Waals surface area contributed by atoms with Gasteiger partial charge in [-0.15, -0.1) is 10.2 Å². The molecule has 0 saturated heterocycles. The van der Waals surface area contributed by atoms with Crippen LogP contribution in [0.2, 0.25) is 0 Å². The van der Waals surface area contributed by atoms with Crippen molar-refractivity contribution in [2.45, 2.75) is 32.2 Å². The number of nitriles is 1. The molecule has 1 aromatic heterocycles. The van der Waals surface area contributed by atoms with Gasteiger partial charge in [0.2, 0.25) is 5.75 Å². The van der Waals surface area contributed by atoms with E-state index in [2.05, 4.69) is 16.3 Å². The van der Waals surface area contributed by atoms with E-state index in [4.69, 9.17) is 9.47 Å². The SMILES string of the molecule is COc1cc(/C=C(/C#N)c2nnc3n2CCCCC3)cc(OC)c1O. The van der Waals surface area contributed by atoms with Gasteiger partial charge >= 0.3 is 0 Å². The van der Waals surface area contributed by atoms with E-state index >= 15 is 0 Å². The van der Waals surface area contributed by atoms with E-state index in [0.29, 0.717) is 17.0 Å². The lowest BCUT2D eigenvalue weighted by atomic mass is 10.1. The summed E-state index contributed by atoms with van der Waals surface area (Å²) in [6, 6.07) is 5.50. The molecule has 7 nitrogen and oxygen atoms in total. The second-order valence-corrected chi connectivity index (χ2v) is 5.85. The highest BCUT2D eigenvalue weighted by atomic mass is 16.5. The van der Waals surface area contributed by atoms with E-state index < -0.39 is 0 Å². The maximum atomic E-state index is 10.0. The molecule has 2 aromatic rings. The summed E-state index contributed by atoms with van der Waals surface area (Å²) in [5.41, 5.74) is 1.09. The molecule has 0 saturated carbocycles. The fraction of sp³-hybridized carbons (Fsp3) is 0.389. The van der Waals surface area contributed by atoms with Crippen LogP contribution in [-0.4, -0.2) is 34.1 Å². The molecule has 0 aliphatic carbocycles. The molecule has 0 atom stereocenters. The molecule has 7 heteroatoms. The summed E-state index contributed by atoms with van der Waals surface area (Å²) in [6.07, 6.45) is 5.88. The normalized spacial score (nSPS) is 14.4. The van der Waals surface area contributed by atoms with Crippen molar-refractivity contribution in [1.82, 2.24) is 14.8 Å². The number of ether oxygens (including phenoxy) is 2. The van der Waals surface area contributed by atoms with Crippen LogP contribution in [0.5, 0.6) is 17.2 Å². The van der Waals surface area contributed by atoms with Gasteiger partial charge in [-0.05, 0) is 36.6 Å². The largest absolute Gasteiger partial charge is 0.502 e. The molecule has 0 bridgehead atoms. The minimum atomic E-state index is -0.0722. The molecule has 0 radical (unpaired) electrons. The predicted octanol–water partition coefficient (Wildman–Crippen LogP) is 2.79. The zero-order valence-electron chi connectivity index (χ0n) is 14.3. The van der Waals surface area contributed by atoms with Crippen molar-refractivity contribution in [3.8, 4) is 23.3 Å². The maximum absolute atomic E-state index is 10.0. The second kappa shape index (κ2) is 7.26. The van der Waals surface area contributed by atoms with Crippen LogP contribution in [0.1, 0.15) is 36.5 Å². The minimum absolute atomic E-state index is 0.0722. The molecule has 25 heavy (non-hydrogen) atoms. The Morgan fingerprint density at radius 1 is 1.20 bits per heavy atom. The summed E-state index contributed by atoms with van der Waals surface area (Å²) in [6.45, 7) is 0.818. The highest BCUT2D eigenvalue weighted by molar-refractivity contribution is 5.88. The second-order valence-electron chi connectivity index (χ2n) is 5.85. The highest BCUT2D eigenvalue weighted by Crippen LogP contribution is 2.38. The number of aromatic hydroxyl groups is 1. The number of hydrogen-bond donors (Lipinski definition) is 1. The summed E-state index contributed by atoms with van der Waals surface area (Å²) in [5, 5.41) is 28.1. The number of methoxy groups -OCH3 is 2. The molecule has 1 aliphatic rings. The number of benzene rings is 1. The van der Waals surface area contributed by atoms with Crippen LogP contribution in [0, 0.1) is 11.3 Å². The number of fused-ring (bicyclic) bond motifs is 1. The van der Waals surface area contributed by atoms with Crippen molar-refractivity contribution in [2.75, 3.05) is 14.2 Å². The molecular weight excluding hydrogens is 320 g/mol. The molecule has 1 aromatic carbocycles. The number of phenols is 1. The summed E-state index contributed by atoms with van der Waals surface area (Å²) >= 11 is 0. The summed E-state index contributed by atoms with van der Waals surface area (Å²) in [7, 11) is 2.93. The molecular formula is C18H20N4O3. The average molecular weight is 340 g/mol. The first-order chi connectivity index (χ1) is 12.2. The molecule has 2 heterocycles. The van der Waals surface area contributed by atoms with Crippen LogP contribution in [0.3, 0.4) is 0 Å². The zero-order chi connectivity index (χ0) is 17.8. The van der Waals surface area contributed by atoms with E-state index in [0.717, 1.165) is 38.1 Å². The van der Waals surface area contributed by atoms with Crippen molar-refractivity contribution in [2.24, 2.45) is 0 Å². The first-order valence-corrected chi connectivity index (χ1v) is 8.17. The van der Waals surface area contributed by atoms with Crippen molar-refractivity contribution >= 4 is 11.6 Å². The molecule has 130 valence electrons. The van der Waals surface area contributed by atoms with E-state index in [-0.39, 0.29) is 17.2 Å². The predicted molar refractivity (Wildman–Crippen MR) is 92.3 cm³/mol. The van der Waals surface area contributed by atoms with Crippen molar-refractivity contribution in [1.29, 1.82) is 5.26 Å². The van der Waals surface area contributed by atoms with Gasteiger partial charge in [0.25, 0.3) is 0 Å². The lowest BCUT2D eigenvalue weighted by Crippen LogP contribution is -2.05. The number of allylic oxidation sites excluding steroid dienone is 1. The lowest BCUT2D eigenvalue weighted by Gasteiger charge is -2.10. The monoisotopic (exact) mass is 340 g/mol. The fourth-order valence-electron chi connectivity index (χ4n) is 2.99. The Labute approximate surface area is 146 Å². The summed E-state index contributed by atoms with van der Waals surface area (Å²) in [4.78, 5) is 0. The number of hydrogen-bond acceptors (Lipinski definition) is 6. The van der Waals surface area contributed by atoms with E-state index in [9.17, 15) is 10.4 Å². The smallest absolute Gasteiger partial charge is 0.200 e. The Morgan fingerprint density at radius 3 is 2.56 bits per heavy atom. The van der Waals surface area contributed by atoms with E-state index in [1.165, 1.54) is 14.2 Å². The minimum Gasteiger partial charge on any atom is -0.502 e. The van der Waals surface area contributed by atoms with Gasteiger partial charge in [0.15, 0.2) is 17.3 Å². The molecule has 3 rings (SSSR count). The Kier molecular flexibility index (Phi) is 4.89. The van der Waals surface area contributed by atoms with Crippen LogP contribution in [0.4, 0.5) is 0 Å². The molecule has 0 spiro atoms. The van der Waals surface area contributed by atoms with Gasteiger partial charge < -0.3 is 19.1 Å². The number of aromatic nitrogens is 3. The molecule has 1 N–H and O–H groups in total. The standard InChI is InChI=1S/C18H20N4O3/c1-24-14-9-12(10-15(25-2)17(14)23)8-13(11-19)18-21-20-16-6-4-3-5-7-22(16)18/h8-10,23H,3-7H2,1-2H3/b13-8-. The maximum Gasteiger partial charge on any atom is 0.200 e. The Hall–Kier alpha value is -3.01. The van der Waals surface area contributed by atoms with E-state index in [1.54, 1.807) is 18.2 Å². The fourth-order valence-corrected chi connectivity index (χ4v) is 2.99. The van der Waals surface area contributed by atoms with Gasteiger partial charge in [-0.3, -0.25) is 0 Å². The van der Waals surface area contributed by atoms with Crippen LogP contribution in [0.15, 0.2) is 12.1 Å². The zero-order valence-corrected chi connectivity index (χ0v) is 14.3. The number of aryl methyl sites for hydroxylation is 1. The van der Waals surface area contributed by atoms with Crippen molar-refractivity contribution < 1.29 is 14.6 Å². The van der Waals surface area contributed by atoms with Gasteiger partial charge in [0.05, 0.1) is 19.8 Å². The third kappa shape index (κ3) is 3.29. The number of phenolic OH excluding ortho intramolecular Hbond substituents is 1. The van der Waals surface area contributed by atoms with Crippen molar-refractivity contribution in [3.63, 3.8) is 0 Å². The molecule has 1 aliphatic heterocycles. The van der Waals surface area contributed by atoms with Crippen LogP contribution in [-0.2, 0) is 13.0 Å². The Bertz CT molecular complexity index is 823. The van der Waals surface area contributed by atoms with Gasteiger partial charge in [0, 0.05) is 13.0 Å². The third-order valence-electron chi connectivity index (χ3n) is 4.28. The summed E-state index contributed by atoms with van der Waals surface area (Å²) < 4.78 is 12.4. The van der Waals surface area contributed by atoms with Crippen LogP contribution in [0.25, 0.3) is 11.6 Å². The first-order valence-electron chi connectivity index (χ1n) is 8.17. The third-order valence-corrected chi connectivity index (χ3v) is 4.28. The Morgan fingerprint density at radius 2 is 1.92 bits per heavy atom. The summed E-state index contributed by atoms with van der Waals surface area (Å²) in [5.74, 6) is 1.99. The number of nitrogens with zero attached hydrogens (tertiary/aromatic N) is 4. The topological polar surface area (TPSA) is 93.2 Å². The molecule has 0 amide bonds. The number of rotatable bonds is 4. The van der Waals surface area contributed by atoms with Gasteiger partial charge in [-0.1, -0.05) is 6.42 Å². The van der Waals surface area contributed by atoms with Crippen molar-refractivity contribution in [3.05, 3.63) is 29.3 Å². The highest BCUT2D eigenvalue weighted by Gasteiger charge is 2.18. The molecule has 0 unspecified atom stereocenters. The quantitative estimate of drug-likeness (QED) is 0.860.